The minimum atomic E-state index is -4.51. The van der Waals surface area contributed by atoms with Crippen LogP contribution < -0.4 is 0 Å². The Labute approximate surface area is 79.3 Å². The first-order valence-electron chi connectivity index (χ1n) is 3.59. The van der Waals surface area contributed by atoms with Gasteiger partial charge in [-0.05, 0) is 6.92 Å². The molecule has 0 aliphatic carbocycles. The second-order valence-corrected chi connectivity index (χ2v) is 4.41. The normalized spacial score (nSPS) is 14.0. The quantitative estimate of drug-likeness (QED) is 0.767. The molecule has 0 amide bonds. The predicted molar refractivity (Wildman–Crippen MR) is 44.1 cm³/mol. The Kier molecular flexibility index (Phi) is 2.81. The van der Waals surface area contributed by atoms with Crippen molar-refractivity contribution in [2.24, 2.45) is 0 Å². The standard InChI is InChI=1S/C7H7F2NO3S/c1-4(14(11,12)13)7-5(8)2-10-3-6(7)9/h2-4H,1H3,(H,11,12,13). The lowest BCUT2D eigenvalue weighted by Gasteiger charge is -2.09. The van der Waals surface area contributed by atoms with E-state index in [9.17, 15) is 17.2 Å². The van der Waals surface area contributed by atoms with Crippen LogP contribution in [-0.4, -0.2) is 18.0 Å². The van der Waals surface area contributed by atoms with Crippen molar-refractivity contribution in [3.63, 3.8) is 0 Å². The van der Waals surface area contributed by atoms with E-state index in [4.69, 9.17) is 4.55 Å². The second kappa shape index (κ2) is 3.58. The summed E-state index contributed by atoms with van der Waals surface area (Å²) < 4.78 is 55.8. The molecular formula is C7H7F2NO3S. The van der Waals surface area contributed by atoms with E-state index in [-0.39, 0.29) is 0 Å². The summed E-state index contributed by atoms with van der Waals surface area (Å²) in [5, 5.41) is -1.65. The molecule has 4 nitrogen and oxygen atoms in total. The third-order valence-electron chi connectivity index (χ3n) is 1.74. The molecule has 0 bridgehead atoms. The molecule has 7 heteroatoms. The van der Waals surface area contributed by atoms with Gasteiger partial charge in [0.1, 0.15) is 16.9 Å². The van der Waals surface area contributed by atoms with E-state index in [1.807, 2.05) is 0 Å². The van der Waals surface area contributed by atoms with Crippen LogP contribution in [0.3, 0.4) is 0 Å². The third kappa shape index (κ3) is 2.05. The molecule has 1 aromatic heterocycles. The Bertz CT molecular complexity index is 426. The number of pyridine rings is 1. The maximum absolute atomic E-state index is 13.0. The SMILES string of the molecule is CC(c1c(F)cncc1F)S(=O)(=O)O. The molecule has 1 unspecified atom stereocenters. The van der Waals surface area contributed by atoms with Crippen LogP contribution in [0.1, 0.15) is 17.7 Å². The van der Waals surface area contributed by atoms with Crippen molar-refractivity contribution in [2.75, 3.05) is 0 Å². The Morgan fingerprint density at radius 1 is 1.36 bits per heavy atom. The average Bonchev–Trinajstić information content (AvgIpc) is 2.01. The number of hydrogen-bond acceptors (Lipinski definition) is 3. The monoisotopic (exact) mass is 223 g/mol. The van der Waals surface area contributed by atoms with Gasteiger partial charge in [0.05, 0.1) is 12.4 Å². The van der Waals surface area contributed by atoms with Crippen LogP contribution in [0.5, 0.6) is 0 Å². The zero-order valence-corrected chi connectivity index (χ0v) is 7.92. The lowest BCUT2D eigenvalue weighted by atomic mass is 10.2. The molecule has 1 atom stereocenters. The number of halogens is 2. The summed E-state index contributed by atoms with van der Waals surface area (Å²) in [6.07, 6.45) is 1.36. The summed E-state index contributed by atoms with van der Waals surface area (Å²) in [5.41, 5.74) is -0.706. The molecule has 0 aliphatic rings. The molecule has 0 radical (unpaired) electrons. The number of aromatic nitrogens is 1. The van der Waals surface area contributed by atoms with Crippen molar-refractivity contribution in [1.82, 2.24) is 4.98 Å². The Hall–Kier alpha value is -1.08. The molecule has 1 rings (SSSR count). The van der Waals surface area contributed by atoms with Gasteiger partial charge in [-0.2, -0.15) is 8.42 Å². The number of nitrogens with zero attached hydrogens (tertiary/aromatic N) is 1. The highest BCUT2D eigenvalue weighted by atomic mass is 32.2. The first-order valence-corrected chi connectivity index (χ1v) is 5.09. The molecule has 14 heavy (non-hydrogen) atoms. The molecule has 0 saturated heterocycles. The van der Waals surface area contributed by atoms with E-state index < -0.39 is 32.6 Å². The highest BCUT2D eigenvalue weighted by Crippen LogP contribution is 2.25. The van der Waals surface area contributed by atoms with Crippen molar-refractivity contribution in [2.45, 2.75) is 12.2 Å². The van der Waals surface area contributed by atoms with Crippen molar-refractivity contribution in [3.8, 4) is 0 Å². The fraction of sp³-hybridized carbons (Fsp3) is 0.286. The zero-order valence-electron chi connectivity index (χ0n) is 7.11. The maximum Gasteiger partial charge on any atom is 0.271 e. The van der Waals surface area contributed by atoms with Gasteiger partial charge >= 0.3 is 0 Å². The summed E-state index contributed by atoms with van der Waals surface area (Å²) in [5.74, 6) is -2.20. The molecule has 0 aromatic carbocycles. The molecular weight excluding hydrogens is 216 g/mol. The highest BCUT2D eigenvalue weighted by molar-refractivity contribution is 7.86. The Balaban J connectivity index is 3.33. The van der Waals surface area contributed by atoms with E-state index >= 15 is 0 Å². The van der Waals surface area contributed by atoms with Crippen LogP contribution >= 0.6 is 0 Å². The van der Waals surface area contributed by atoms with Crippen molar-refractivity contribution in [1.29, 1.82) is 0 Å². The summed E-state index contributed by atoms with van der Waals surface area (Å²) in [6, 6.07) is 0. The fourth-order valence-corrected chi connectivity index (χ4v) is 1.48. The van der Waals surface area contributed by atoms with Gasteiger partial charge in [-0.25, -0.2) is 8.78 Å². The highest BCUT2D eigenvalue weighted by Gasteiger charge is 2.26. The minimum Gasteiger partial charge on any atom is -0.285 e. The topological polar surface area (TPSA) is 67.3 Å². The average molecular weight is 223 g/mol. The summed E-state index contributed by atoms with van der Waals surface area (Å²) in [7, 11) is -4.51. The van der Waals surface area contributed by atoms with Crippen molar-refractivity contribution >= 4 is 10.1 Å². The van der Waals surface area contributed by atoms with Gasteiger partial charge in [-0.15, -0.1) is 0 Å². The molecule has 0 aliphatic heterocycles. The van der Waals surface area contributed by atoms with Crippen LogP contribution in [0.4, 0.5) is 8.78 Å². The Morgan fingerprint density at radius 3 is 2.14 bits per heavy atom. The fourth-order valence-electron chi connectivity index (χ4n) is 0.959. The molecule has 1 N–H and O–H groups in total. The predicted octanol–water partition coefficient (Wildman–Crippen LogP) is 1.31. The van der Waals surface area contributed by atoms with Crippen LogP contribution in [0.2, 0.25) is 0 Å². The van der Waals surface area contributed by atoms with Crippen LogP contribution in [0.15, 0.2) is 12.4 Å². The lowest BCUT2D eigenvalue weighted by Crippen LogP contribution is -2.12. The van der Waals surface area contributed by atoms with Gasteiger partial charge < -0.3 is 0 Å². The molecule has 0 spiro atoms. The summed E-state index contributed by atoms with van der Waals surface area (Å²) in [6.45, 7) is 0.983. The van der Waals surface area contributed by atoms with Crippen molar-refractivity contribution in [3.05, 3.63) is 29.6 Å². The minimum absolute atomic E-state index is 0.681. The van der Waals surface area contributed by atoms with E-state index in [0.29, 0.717) is 12.4 Å². The zero-order chi connectivity index (χ0) is 10.9. The third-order valence-corrected chi connectivity index (χ3v) is 2.87. The van der Waals surface area contributed by atoms with Gasteiger partial charge in [-0.1, -0.05) is 0 Å². The van der Waals surface area contributed by atoms with Crippen molar-refractivity contribution < 1.29 is 21.8 Å². The number of rotatable bonds is 2. The summed E-state index contributed by atoms with van der Waals surface area (Å²) in [4.78, 5) is 3.18. The van der Waals surface area contributed by atoms with E-state index in [1.54, 1.807) is 0 Å². The van der Waals surface area contributed by atoms with Crippen LogP contribution in [0, 0.1) is 11.6 Å². The molecule has 0 saturated carbocycles. The van der Waals surface area contributed by atoms with Gasteiger partial charge in [0.25, 0.3) is 10.1 Å². The molecule has 1 heterocycles. The lowest BCUT2D eigenvalue weighted by molar-refractivity contribution is 0.462. The second-order valence-electron chi connectivity index (χ2n) is 2.67. The first-order chi connectivity index (χ1) is 6.34. The molecule has 1 aromatic rings. The van der Waals surface area contributed by atoms with E-state index in [2.05, 4.69) is 4.98 Å². The smallest absolute Gasteiger partial charge is 0.271 e. The van der Waals surface area contributed by atoms with Gasteiger partial charge in [0, 0.05) is 5.56 Å². The Morgan fingerprint density at radius 2 is 1.79 bits per heavy atom. The van der Waals surface area contributed by atoms with Gasteiger partial charge in [0.15, 0.2) is 0 Å². The van der Waals surface area contributed by atoms with Crippen LogP contribution in [0.25, 0.3) is 0 Å². The molecule has 0 fully saturated rings. The largest absolute Gasteiger partial charge is 0.285 e. The van der Waals surface area contributed by atoms with Gasteiger partial charge in [-0.3, -0.25) is 9.54 Å². The molecule has 78 valence electrons. The summed E-state index contributed by atoms with van der Waals surface area (Å²) >= 11 is 0. The first kappa shape index (κ1) is 11.0. The van der Waals surface area contributed by atoms with Gasteiger partial charge in [0.2, 0.25) is 0 Å². The van der Waals surface area contributed by atoms with Crippen LogP contribution in [-0.2, 0) is 10.1 Å². The number of hydrogen-bond donors (Lipinski definition) is 1. The maximum atomic E-state index is 13.0. The van der Waals surface area contributed by atoms with E-state index in [1.165, 1.54) is 0 Å². The van der Waals surface area contributed by atoms with E-state index in [0.717, 1.165) is 6.92 Å².